The predicted octanol–water partition coefficient (Wildman–Crippen LogP) is 1.58. The summed E-state index contributed by atoms with van der Waals surface area (Å²) in [6.07, 6.45) is 0.307. The number of hydrogen-bond acceptors (Lipinski definition) is 7. The van der Waals surface area contributed by atoms with Crippen LogP contribution >= 0.6 is 0 Å². The van der Waals surface area contributed by atoms with Crippen LogP contribution in [0.4, 0.5) is 4.39 Å². The van der Waals surface area contributed by atoms with Crippen molar-refractivity contribution in [2.24, 2.45) is 5.73 Å². The fourth-order valence-electron chi connectivity index (χ4n) is 2.11. The zero-order valence-electron chi connectivity index (χ0n) is 11.9. The fraction of sp³-hybridized carbons (Fsp3) is 0.286. The molecule has 0 spiro atoms. The largest absolute Gasteiger partial charge is 0.340 e. The molecule has 0 saturated heterocycles. The summed E-state index contributed by atoms with van der Waals surface area (Å²) in [5.41, 5.74) is 6.59. The summed E-state index contributed by atoms with van der Waals surface area (Å²) >= 11 is 0. The van der Waals surface area contributed by atoms with Crippen LogP contribution in [0.25, 0.3) is 0 Å². The molecule has 2 N–H and O–H groups in total. The van der Waals surface area contributed by atoms with Crippen molar-refractivity contribution in [3.63, 3.8) is 0 Å². The second-order valence-corrected chi connectivity index (χ2v) is 4.80. The molecule has 2 heterocycles. The standard InChI is InChI=1S/C14H14FN5O2/c1-8-17-12(19-21-8)6-13-18-14(22-20-13)11(7-16)9-2-4-10(15)5-3-9/h2-5,11H,6-7,16H2,1H3. The van der Waals surface area contributed by atoms with Gasteiger partial charge in [0, 0.05) is 13.5 Å². The van der Waals surface area contributed by atoms with Crippen LogP contribution in [0.1, 0.15) is 34.9 Å². The molecule has 1 aromatic carbocycles. The Morgan fingerprint density at radius 2 is 1.77 bits per heavy atom. The minimum Gasteiger partial charge on any atom is -0.340 e. The summed E-state index contributed by atoms with van der Waals surface area (Å²) in [6, 6.07) is 6.05. The minimum atomic E-state index is -0.307. The average Bonchev–Trinajstić information content (AvgIpc) is 3.12. The minimum absolute atomic E-state index is 0.272. The molecule has 0 radical (unpaired) electrons. The van der Waals surface area contributed by atoms with Gasteiger partial charge in [0.15, 0.2) is 11.6 Å². The lowest BCUT2D eigenvalue weighted by atomic mass is 9.99. The van der Waals surface area contributed by atoms with E-state index in [0.717, 1.165) is 5.56 Å². The smallest absolute Gasteiger partial charge is 0.235 e. The van der Waals surface area contributed by atoms with E-state index in [4.69, 9.17) is 14.8 Å². The Hall–Kier alpha value is -2.61. The van der Waals surface area contributed by atoms with E-state index in [9.17, 15) is 4.39 Å². The van der Waals surface area contributed by atoms with Crippen molar-refractivity contribution in [2.45, 2.75) is 19.3 Å². The molecule has 0 saturated carbocycles. The van der Waals surface area contributed by atoms with Gasteiger partial charge >= 0.3 is 0 Å². The molecule has 0 aliphatic heterocycles. The summed E-state index contributed by atoms with van der Waals surface area (Å²) in [7, 11) is 0. The Morgan fingerprint density at radius 3 is 2.41 bits per heavy atom. The number of rotatable bonds is 5. The van der Waals surface area contributed by atoms with E-state index in [1.165, 1.54) is 12.1 Å². The van der Waals surface area contributed by atoms with Gasteiger partial charge < -0.3 is 14.8 Å². The Morgan fingerprint density at radius 1 is 1.09 bits per heavy atom. The van der Waals surface area contributed by atoms with E-state index in [1.807, 2.05) is 0 Å². The number of benzene rings is 1. The van der Waals surface area contributed by atoms with Gasteiger partial charge in [-0.25, -0.2) is 4.39 Å². The molecule has 114 valence electrons. The van der Waals surface area contributed by atoms with Gasteiger partial charge in [-0.2, -0.15) is 9.97 Å². The van der Waals surface area contributed by atoms with E-state index < -0.39 is 0 Å². The highest BCUT2D eigenvalue weighted by Crippen LogP contribution is 2.22. The van der Waals surface area contributed by atoms with Crippen LogP contribution in [0.2, 0.25) is 0 Å². The van der Waals surface area contributed by atoms with Crippen molar-refractivity contribution in [1.29, 1.82) is 0 Å². The molecule has 3 rings (SSSR count). The Bertz CT molecular complexity index is 753. The SMILES string of the molecule is Cc1nc(Cc2noc(C(CN)c3ccc(F)cc3)n2)no1. The molecule has 1 atom stereocenters. The third-order valence-corrected chi connectivity index (χ3v) is 3.18. The van der Waals surface area contributed by atoms with Gasteiger partial charge in [-0.1, -0.05) is 22.4 Å². The molecule has 2 aromatic heterocycles. The topological polar surface area (TPSA) is 104 Å². The molecule has 0 aliphatic rings. The van der Waals surface area contributed by atoms with Crippen LogP contribution in [-0.4, -0.2) is 26.8 Å². The Balaban J connectivity index is 1.80. The maximum absolute atomic E-state index is 13.0. The summed E-state index contributed by atoms with van der Waals surface area (Å²) in [4.78, 5) is 8.39. The molecular formula is C14H14FN5O2. The van der Waals surface area contributed by atoms with Gasteiger partial charge in [-0.05, 0) is 17.7 Å². The number of nitrogens with two attached hydrogens (primary N) is 1. The molecule has 7 nitrogen and oxygen atoms in total. The second kappa shape index (κ2) is 6.02. The van der Waals surface area contributed by atoms with E-state index in [0.29, 0.717) is 29.9 Å². The number of nitrogens with zero attached hydrogens (tertiary/aromatic N) is 4. The zero-order valence-corrected chi connectivity index (χ0v) is 11.9. The first-order valence-corrected chi connectivity index (χ1v) is 6.73. The average molecular weight is 303 g/mol. The molecule has 22 heavy (non-hydrogen) atoms. The lowest BCUT2D eigenvalue weighted by Gasteiger charge is -2.09. The Kier molecular flexibility index (Phi) is 3.92. The lowest BCUT2D eigenvalue weighted by Crippen LogP contribution is -2.14. The molecule has 0 amide bonds. The molecule has 8 heteroatoms. The second-order valence-electron chi connectivity index (χ2n) is 4.80. The van der Waals surface area contributed by atoms with Crippen LogP contribution in [0, 0.1) is 12.7 Å². The highest BCUT2D eigenvalue weighted by atomic mass is 19.1. The quantitative estimate of drug-likeness (QED) is 0.763. The maximum atomic E-state index is 13.0. The fourth-order valence-corrected chi connectivity index (χ4v) is 2.11. The normalized spacial score (nSPS) is 12.5. The first-order valence-electron chi connectivity index (χ1n) is 6.73. The zero-order chi connectivity index (χ0) is 15.5. The molecule has 3 aromatic rings. The number of hydrogen-bond donors (Lipinski definition) is 1. The first kappa shape index (κ1) is 14.3. The van der Waals surface area contributed by atoms with E-state index >= 15 is 0 Å². The van der Waals surface area contributed by atoms with Crippen molar-refractivity contribution in [3.8, 4) is 0 Å². The van der Waals surface area contributed by atoms with E-state index in [-0.39, 0.29) is 18.3 Å². The third-order valence-electron chi connectivity index (χ3n) is 3.18. The highest BCUT2D eigenvalue weighted by molar-refractivity contribution is 5.25. The molecule has 0 fully saturated rings. The van der Waals surface area contributed by atoms with Crippen LogP contribution in [0.15, 0.2) is 33.3 Å². The van der Waals surface area contributed by atoms with Crippen molar-refractivity contribution < 1.29 is 13.4 Å². The first-order chi connectivity index (χ1) is 10.7. The summed E-state index contributed by atoms with van der Waals surface area (Å²) in [5.74, 6) is 1.19. The van der Waals surface area contributed by atoms with E-state index in [2.05, 4.69) is 20.3 Å². The van der Waals surface area contributed by atoms with E-state index in [1.54, 1.807) is 19.1 Å². The number of halogens is 1. The monoisotopic (exact) mass is 303 g/mol. The summed E-state index contributed by atoms with van der Waals surface area (Å²) < 4.78 is 23.1. The van der Waals surface area contributed by atoms with Gasteiger partial charge in [0.1, 0.15) is 5.82 Å². The van der Waals surface area contributed by atoms with Gasteiger partial charge in [0.2, 0.25) is 11.8 Å². The van der Waals surface area contributed by atoms with Gasteiger partial charge in [-0.15, -0.1) is 0 Å². The molecule has 0 bridgehead atoms. The van der Waals surface area contributed by atoms with Gasteiger partial charge in [0.05, 0.1) is 12.3 Å². The molecular weight excluding hydrogens is 289 g/mol. The van der Waals surface area contributed by atoms with Gasteiger partial charge in [-0.3, -0.25) is 0 Å². The van der Waals surface area contributed by atoms with Crippen LogP contribution in [-0.2, 0) is 6.42 Å². The Labute approximate surface area is 125 Å². The van der Waals surface area contributed by atoms with Crippen molar-refractivity contribution in [3.05, 3.63) is 59.1 Å². The lowest BCUT2D eigenvalue weighted by molar-refractivity contribution is 0.361. The van der Waals surface area contributed by atoms with Crippen molar-refractivity contribution in [1.82, 2.24) is 20.3 Å². The molecule has 1 unspecified atom stereocenters. The predicted molar refractivity (Wildman–Crippen MR) is 73.4 cm³/mol. The van der Waals surface area contributed by atoms with Crippen molar-refractivity contribution in [2.75, 3.05) is 6.54 Å². The molecule has 0 aliphatic carbocycles. The van der Waals surface area contributed by atoms with Crippen LogP contribution in [0.5, 0.6) is 0 Å². The summed E-state index contributed by atoms with van der Waals surface area (Å²) in [5, 5.41) is 7.67. The van der Waals surface area contributed by atoms with Crippen LogP contribution < -0.4 is 5.73 Å². The summed E-state index contributed by atoms with van der Waals surface area (Å²) in [6.45, 7) is 1.98. The maximum Gasteiger partial charge on any atom is 0.235 e. The van der Waals surface area contributed by atoms with Crippen LogP contribution in [0.3, 0.4) is 0 Å². The highest BCUT2D eigenvalue weighted by Gasteiger charge is 2.20. The van der Waals surface area contributed by atoms with Crippen molar-refractivity contribution >= 4 is 0 Å². The number of aromatic nitrogens is 4. The van der Waals surface area contributed by atoms with Gasteiger partial charge in [0.25, 0.3) is 0 Å². The number of aryl methyl sites for hydroxylation is 1. The third kappa shape index (κ3) is 3.01.